The smallest absolute Gasteiger partial charge is 0.326 e. The average Bonchev–Trinajstić information content (AvgIpc) is 3.68. The summed E-state index contributed by atoms with van der Waals surface area (Å²) < 4.78 is 0. The molecular weight excluding hydrogens is 630 g/mol. The summed E-state index contributed by atoms with van der Waals surface area (Å²) in [5.74, 6) is -4.57. The second-order valence-corrected chi connectivity index (χ2v) is 11.8. The third kappa shape index (κ3) is 8.61. The summed E-state index contributed by atoms with van der Waals surface area (Å²) in [4.78, 5) is 70.8. The number of aliphatic carboxylic acids is 1. The van der Waals surface area contributed by atoms with Gasteiger partial charge in [0.1, 0.15) is 23.9 Å². The fraction of sp³-hybridized carbons (Fsp3) is 0.229. The number of hydrogen-bond donors (Lipinski definition) is 9. The fourth-order valence-corrected chi connectivity index (χ4v) is 5.66. The number of benzene rings is 3. The van der Waals surface area contributed by atoms with Gasteiger partial charge in [-0.05, 0) is 47.4 Å². The van der Waals surface area contributed by atoms with Crippen molar-refractivity contribution in [2.24, 2.45) is 11.5 Å². The molecule has 2 heterocycles. The lowest BCUT2D eigenvalue weighted by molar-refractivity contribution is -0.143. The summed E-state index contributed by atoms with van der Waals surface area (Å²) in [6.45, 7) is 0. The second-order valence-electron chi connectivity index (χ2n) is 11.8. The maximum Gasteiger partial charge on any atom is 0.326 e. The molecule has 0 spiro atoms. The molecule has 11 N–H and O–H groups in total. The zero-order valence-corrected chi connectivity index (χ0v) is 26.3. The van der Waals surface area contributed by atoms with E-state index >= 15 is 0 Å². The van der Waals surface area contributed by atoms with E-state index in [4.69, 9.17) is 11.5 Å². The summed E-state index contributed by atoms with van der Waals surface area (Å²) in [6, 6.07) is 15.7. The molecule has 5 aromatic rings. The Kier molecular flexibility index (Phi) is 10.6. The van der Waals surface area contributed by atoms with Crippen molar-refractivity contribution in [3.8, 4) is 5.75 Å². The van der Waals surface area contributed by atoms with Crippen LogP contribution in [0.1, 0.15) is 23.1 Å². The third-order valence-electron chi connectivity index (χ3n) is 8.21. The Labute approximate surface area is 280 Å². The lowest BCUT2D eigenvalue weighted by Crippen LogP contribution is -2.58. The van der Waals surface area contributed by atoms with Crippen molar-refractivity contribution in [2.45, 2.75) is 49.9 Å². The average molecular weight is 668 g/mol. The molecule has 2 aromatic heterocycles. The second kappa shape index (κ2) is 15.2. The number of aromatic nitrogens is 2. The number of carbonyl (C=O) groups is 5. The van der Waals surface area contributed by atoms with Crippen LogP contribution in [0.15, 0.2) is 85.2 Å². The number of aromatic hydroxyl groups is 1. The number of carboxylic acids is 1. The highest BCUT2D eigenvalue weighted by atomic mass is 16.4. The van der Waals surface area contributed by atoms with Crippen molar-refractivity contribution in [3.63, 3.8) is 0 Å². The molecule has 0 saturated carbocycles. The van der Waals surface area contributed by atoms with Crippen LogP contribution < -0.4 is 27.4 Å². The molecule has 0 fully saturated rings. The number of hydrogen-bond acceptors (Lipinski definition) is 7. The molecule has 4 unspecified atom stereocenters. The van der Waals surface area contributed by atoms with Crippen molar-refractivity contribution in [2.75, 3.05) is 0 Å². The van der Waals surface area contributed by atoms with E-state index in [1.165, 1.54) is 12.1 Å². The molecule has 5 rings (SSSR count). The van der Waals surface area contributed by atoms with Crippen LogP contribution in [0, 0.1) is 0 Å². The Morgan fingerprint density at radius 1 is 0.653 bits per heavy atom. The van der Waals surface area contributed by atoms with Crippen LogP contribution in [0.5, 0.6) is 5.75 Å². The number of aromatic amines is 2. The summed E-state index contributed by atoms with van der Waals surface area (Å²) in [7, 11) is 0. The van der Waals surface area contributed by atoms with Crippen LogP contribution in [0.4, 0.5) is 0 Å². The number of nitrogens with one attached hydrogen (secondary N) is 5. The van der Waals surface area contributed by atoms with E-state index in [0.717, 1.165) is 21.8 Å². The predicted molar refractivity (Wildman–Crippen MR) is 181 cm³/mol. The molecule has 0 aliphatic carbocycles. The summed E-state index contributed by atoms with van der Waals surface area (Å²) in [5.41, 5.74) is 15.1. The molecule has 0 bridgehead atoms. The Balaban J connectivity index is 1.42. The number of para-hydroxylation sites is 2. The van der Waals surface area contributed by atoms with Crippen molar-refractivity contribution in [3.05, 3.63) is 102 Å². The number of amides is 4. The number of phenols is 1. The molecule has 0 saturated heterocycles. The predicted octanol–water partition coefficient (Wildman–Crippen LogP) is 1.12. The lowest BCUT2D eigenvalue weighted by Gasteiger charge is -2.25. The van der Waals surface area contributed by atoms with Crippen molar-refractivity contribution in [1.29, 1.82) is 0 Å². The van der Waals surface area contributed by atoms with Crippen molar-refractivity contribution >= 4 is 51.4 Å². The number of H-pyrrole nitrogens is 2. The van der Waals surface area contributed by atoms with Crippen molar-refractivity contribution < 1.29 is 34.2 Å². The summed E-state index contributed by atoms with van der Waals surface area (Å²) >= 11 is 0. The zero-order chi connectivity index (χ0) is 35.1. The van der Waals surface area contributed by atoms with Crippen LogP contribution in [0.2, 0.25) is 0 Å². The zero-order valence-electron chi connectivity index (χ0n) is 26.3. The monoisotopic (exact) mass is 667 g/mol. The molecule has 3 aromatic carbocycles. The minimum atomic E-state index is -1.63. The van der Waals surface area contributed by atoms with E-state index in [-0.39, 0.29) is 25.0 Å². The van der Waals surface area contributed by atoms with Gasteiger partial charge in [0.25, 0.3) is 0 Å². The molecule has 0 radical (unpaired) electrons. The number of nitrogens with two attached hydrogens (primary N) is 2. The molecule has 49 heavy (non-hydrogen) atoms. The van der Waals surface area contributed by atoms with Gasteiger partial charge in [0.05, 0.1) is 12.5 Å². The van der Waals surface area contributed by atoms with E-state index < -0.39 is 60.2 Å². The molecule has 4 atom stereocenters. The summed E-state index contributed by atoms with van der Waals surface area (Å²) in [6.07, 6.45) is 2.84. The lowest BCUT2D eigenvalue weighted by atomic mass is 10.0. The molecule has 0 aliphatic rings. The van der Waals surface area contributed by atoms with Gasteiger partial charge in [-0.2, -0.15) is 0 Å². The minimum absolute atomic E-state index is 0.0222. The minimum Gasteiger partial charge on any atom is -0.508 e. The normalized spacial score (nSPS) is 13.7. The maximum absolute atomic E-state index is 14.1. The van der Waals surface area contributed by atoms with Gasteiger partial charge >= 0.3 is 5.97 Å². The highest BCUT2D eigenvalue weighted by Gasteiger charge is 2.32. The van der Waals surface area contributed by atoms with Crippen LogP contribution in [-0.2, 0) is 43.2 Å². The molecule has 4 amide bonds. The van der Waals surface area contributed by atoms with Gasteiger partial charge in [-0.25, -0.2) is 4.79 Å². The van der Waals surface area contributed by atoms with Gasteiger partial charge < -0.3 is 47.6 Å². The van der Waals surface area contributed by atoms with Gasteiger partial charge in [0.15, 0.2) is 0 Å². The van der Waals surface area contributed by atoms with Gasteiger partial charge in [-0.3, -0.25) is 19.2 Å². The molecule has 254 valence electrons. The molecule has 0 aliphatic heterocycles. The quantitative estimate of drug-likeness (QED) is 0.0781. The van der Waals surface area contributed by atoms with Gasteiger partial charge in [-0.1, -0.05) is 48.5 Å². The molecular formula is C35H37N7O7. The maximum atomic E-state index is 14.1. The SMILES string of the molecule is NC(=O)CC(NC(=O)C(Cc1c[nH]c2ccccc12)NC(=O)C(Cc1c[nH]c2ccccc12)NC(=O)C(N)Cc1ccc(O)cc1)C(=O)O. The Hall–Kier alpha value is -6.15. The van der Waals surface area contributed by atoms with E-state index in [1.807, 2.05) is 48.5 Å². The number of phenolic OH excluding ortho intramolecular Hbond substituents is 1. The highest BCUT2D eigenvalue weighted by molar-refractivity contribution is 5.96. The molecule has 14 heteroatoms. The topological polar surface area (TPSA) is 246 Å². The first-order valence-electron chi connectivity index (χ1n) is 15.5. The number of primary amides is 1. The first-order chi connectivity index (χ1) is 23.5. The molecule has 14 nitrogen and oxygen atoms in total. The standard InChI is InChI=1S/C35H37N7O7/c36-25(13-19-9-11-22(43)12-10-19)32(45)40-28(14-20-17-38-26-7-3-1-5-23(20)26)33(46)41-29(34(47)42-30(35(48)49)16-31(37)44)15-21-18-39-27-8-4-2-6-24(21)27/h1-12,17-18,25,28-30,38-39,43H,13-16,36H2,(H2,37,44)(H,40,45)(H,41,46)(H,42,47)(H,48,49). The van der Waals surface area contributed by atoms with Crippen LogP contribution in [-0.4, -0.2) is 73.9 Å². The Bertz CT molecular complexity index is 1990. The van der Waals surface area contributed by atoms with Crippen LogP contribution in [0.3, 0.4) is 0 Å². The van der Waals surface area contributed by atoms with Gasteiger partial charge in [0.2, 0.25) is 23.6 Å². The number of rotatable bonds is 15. The third-order valence-corrected chi connectivity index (χ3v) is 8.21. The number of carbonyl (C=O) groups excluding carboxylic acids is 4. The van der Waals surface area contributed by atoms with Crippen LogP contribution >= 0.6 is 0 Å². The largest absolute Gasteiger partial charge is 0.508 e. The van der Waals surface area contributed by atoms with E-state index in [2.05, 4.69) is 25.9 Å². The first kappa shape index (κ1) is 34.2. The highest BCUT2D eigenvalue weighted by Crippen LogP contribution is 2.21. The van der Waals surface area contributed by atoms with Gasteiger partial charge in [0, 0.05) is 47.0 Å². The van der Waals surface area contributed by atoms with Gasteiger partial charge in [-0.15, -0.1) is 0 Å². The summed E-state index contributed by atoms with van der Waals surface area (Å²) in [5, 5.41) is 28.6. The first-order valence-corrected chi connectivity index (χ1v) is 15.5. The van der Waals surface area contributed by atoms with E-state index in [9.17, 15) is 34.2 Å². The number of carboxylic acid groups (broad SMARTS) is 1. The Morgan fingerprint density at radius 2 is 1.12 bits per heavy atom. The van der Waals surface area contributed by atoms with E-state index in [1.54, 1.807) is 24.5 Å². The number of fused-ring (bicyclic) bond motifs is 2. The fourth-order valence-electron chi connectivity index (χ4n) is 5.66. The Morgan fingerprint density at radius 3 is 1.61 bits per heavy atom. The van der Waals surface area contributed by atoms with Crippen molar-refractivity contribution in [1.82, 2.24) is 25.9 Å². The van der Waals surface area contributed by atoms with E-state index in [0.29, 0.717) is 16.7 Å². The van der Waals surface area contributed by atoms with Crippen LogP contribution in [0.25, 0.3) is 21.8 Å².